The smallest absolute Gasteiger partial charge is 0.253 e. The van der Waals surface area contributed by atoms with E-state index in [0.717, 1.165) is 17.7 Å². The summed E-state index contributed by atoms with van der Waals surface area (Å²) in [7, 11) is 0. The summed E-state index contributed by atoms with van der Waals surface area (Å²) < 4.78 is 0. The van der Waals surface area contributed by atoms with E-state index in [1.165, 1.54) is 5.56 Å². The highest BCUT2D eigenvalue weighted by Gasteiger charge is 2.12. The van der Waals surface area contributed by atoms with E-state index >= 15 is 0 Å². The molecule has 2 aromatic carbocycles. The number of rotatable bonds is 8. The van der Waals surface area contributed by atoms with Crippen molar-refractivity contribution in [3.8, 4) is 0 Å². The van der Waals surface area contributed by atoms with E-state index in [0.29, 0.717) is 23.5 Å². The van der Waals surface area contributed by atoms with Gasteiger partial charge in [-0.3, -0.25) is 9.59 Å². The average Bonchev–Trinajstić information content (AvgIpc) is 2.61. The lowest BCUT2D eigenvalue weighted by molar-refractivity contribution is -0.113. The Labute approximate surface area is 153 Å². The number of aryl methyl sites for hydroxylation is 1. The molecule has 0 heterocycles. The number of hydrogen-bond donors (Lipinski definition) is 2. The molecule has 0 spiro atoms. The molecule has 2 aromatic rings. The Bertz CT molecular complexity index is 714. The molecule has 132 valence electrons. The molecule has 2 N–H and O–H groups in total. The van der Waals surface area contributed by atoms with Crippen LogP contribution in [0.15, 0.2) is 48.5 Å². The summed E-state index contributed by atoms with van der Waals surface area (Å²) in [5.41, 5.74) is 3.25. The fraction of sp³-hybridized carbons (Fsp3) is 0.300. The number of carbonyl (C=O) groups excluding carboxylic acids is 2. The molecule has 0 fully saturated rings. The zero-order chi connectivity index (χ0) is 18.1. The van der Waals surface area contributed by atoms with Crippen LogP contribution in [0.4, 0.5) is 5.69 Å². The molecule has 0 aliphatic heterocycles. The molecule has 2 amide bonds. The molecule has 0 atom stereocenters. The van der Waals surface area contributed by atoms with Gasteiger partial charge in [-0.15, -0.1) is 0 Å². The fourth-order valence-electron chi connectivity index (χ4n) is 2.27. The topological polar surface area (TPSA) is 58.2 Å². The van der Waals surface area contributed by atoms with Gasteiger partial charge < -0.3 is 10.6 Å². The number of para-hydroxylation sites is 1. The number of benzene rings is 2. The van der Waals surface area contributed by atoms with Crippen LogP contribution in [0.1, 0.15) is 34.8 Å². The lowest BCUT2D eigenvalue weighted by Gasteiger charge is -2.11. The zero-order valence-electron chi connectivity index (χ0n) is 14.7. The minimum absolute atomic E-state index is 0.0859. The van der Waals surface area contributed by atoms with Gasteiger partial charge in [0.1, 0.15) is 0 Å². The molecular formula is C20H24N2O2S. The first-order valence-corrected chi connectivity index (χ1v) is 9.56. The van der Waals surface area contributed by atoms with Crippen LogP contribution < -0.4 is 10.6 Å². The molecular weight excluding hydrogens is 332 g/mol. The second-order valence-corrected chi connectivity index (χ2v) is 6.92. The highest BCUT2D eigenvalue weighted by atomic mass is 32.2. The van der Waals surface area contributed by atoms with E-state index in [4.69, 9.17) is 0 Å². The molecule has 0 unspecified atom stereocenters. The molecule has 0 radical (unpaired) electrons. The average molecular weight is 356 g/mol. The van der Waals surface area contributed by atoms with Gasteiger partial charge in [0.25, 0.3) is 5.91 Å². The highest BCUT2D eigenvalue weighted by molar-refractivity contribution is 7.99. The number of anilines is 1. The van der Waals surface area contributed by atoms with Gasteiger partial charge >= 0.3 is 0 Å². The predicted molar refractivity (Wildman–Crippen MR) is 105 cm³/mol. The third-order valence-electron chi connectivity index (χ3n) is 3.60. The van der Waals surface area contributed by atoms with Crippen molar-refractivity contribution in [2.75, 3.05) is 16.8 Å². The van der Waals surface area contributed by atoms with Crippen molar-refractivity contribution in [1.29, 1.82) is 0 Å². The number of amides is 2. The van der Waals surface area contributed by atoms with E-state index in [1.807, 2.05) is 37.3 Å². The Hall–Kier alpha value is -2.27. The molecule has 0 saturated carbocycles. The number of thioether (sulfide) groups is 1. The number of nitrogens with one attached hydrogen (secondary N) is 2. The zero-order valence-corrected chi connectivity index (χ0v) is 15.5. The minimum Gasteiger partial charge on any atom is -0.348 e. The Balaban J connectivity index is 1.97. The third-order valence-corrected chi connectivity index (χ3v) is 4.76. The summed E-state index contributed by atoms with van der Waals surface area (Å²) in [5, 5.41) is 5.74. The molecule has 2 rings (SSSR count). The number of carbonyl (C=O) groups is 2. The molecule has 5 heteroatoms. The first-order valence-electron chi connectivity index (χ1n) is 8.40. The van der Waals surface area contributed by atoms with Crippen LogP contribution in [0.2, 0.25) is 0 Å². The molecule has 0 aliphatic carbocycles. The molecule has 0 bridgehead atoms. The normalized spacial score (nSPS) is 10.3. The summed E-state index contributed by atoms with van der Waals surface area (Å²) >= 11 is 1.59. The quantitative estimate of drug-likeness (QED) is 0.703. The largest absolute Gasteiger partial charge is 0.348 e. The molecule has 25 heavy (non-hydrogen) atoms. The lowest BCUT2D eigenvalue weighted by atomic mass is 10.1. The van der Waals surface area contributed by atoms with Gasteiger partial charge in [0.2, 0.25) is 5.91 Å². The van der Waals surface area contributed by atoms with Crippen LogP contribution >= 0.6 is 11.8 Å². The maximum absolute atomic E-state index is 12.5. The number of hydrogen-bond acceptors (Lipinski definition) is 3. The van der Waals surface area contributed by atoms with Gasteiger partial charge in [-0.25, -0.2) is 0 Å². The van der Waals surface area contributed by atoms with Gasteiger partial charge in [-0.05, 0) is 36.8 Å². The van der Waals surface area contributed by atoms with Gasteiger partial charge in [-0.2, -0.15) is 11.8 Å². The summed E-state index contributed by atoms with van der Waals surface area (Å²) in [6, 6.07) is 15.1. The first kappa shape index (κ1) is 19.1. The van der Waals surface area contributed by atoms with Crippen molar-refractivity contribution in [1.82, 2.24) is 5.32 Å². The maximum atomic E-state index is 12.5. The molecule has 0 saturated heterocycles. The Morgan fingerprint density at radius 2 is 1.76 bits per heavy atom. The monoisotopic (exact) mass is 356 g/mol. The van der Waals surface area contributed by atoms with Crippen LogP contribution in [0.3, 0.4) is 0 Å². The van der Waals surface area contributed by atoms with Gasteiger partial charge in [0.15, 0.2) is 0 Å². The minimum atomic E-state index is -0.197. The predicted octanol–water partition coefficient (Wildman–Crippen LogP) is 4.01. The van der Waals surface area contributed by atoms with Crippen molar-refractivity contribution in [2.24, 2.45) is 0 Å². The Morgan fingerprint density at radius 3 is 2.48 bits per heavy atom. The SMILES string of the molecule is CCCSCC(=O)Nc1ccccc1C(=O)NCc1ccc(C)cc1. The van der Waals surface area contributed by atoms with Gasteiger partial charge in [0, 0.05) is 6.54 Å². The van der Waals surface area contributed by atoms with Crippen LogP contribution in [0.25, 0.3) is 0 Å². The highest BCUT2D eigenvalue weighted by Crippen LogP contribution is 2.16. The Morgan fingerprint density at radius 1 is 1.04 bits per heavy atom. The van der Waals surface area contributed by atoms with Gasteiger partial charge in [-0.1, -0.05) is 48.9 Å². The van der Waals surface area contributed by atoms with Crippen molar-refractivity contribution in [3.63, 3.8) is 0 Å². The van der Waals surface area contributed by atoms with E-state index in [1.54, 1.807) is 30.0 Å². The van der Waals surface area contributed by atoms with Crippen molar-refractivity contribution >= 4 is 29.3 Å². The summed E-state index contributed by atoms with van der Waals surface area (Å²) in [4.78, 5) is 24.5. The van der Waals surface area contributed by atoms with E-state index in [9.17, 15) is 9.59 Å². The maximum Gasteiger partial charge on any atom is 0.253 e. The standard InChI is InChI=1S/C20H24N2O2S/c1-3-12-25-14-19(23)22-18-7-5-4-6-17(18)20(24)21-13-16-10-8-15(2)9-11-16/h4-11H,3,12-14H2,1-2H3,(H,21,24)(H,22,23). The van der Waals surface area contributed by atoms with Crippen molar-refractivity contribution < 1.29 is 9.59 Å². The third kappa shape index (κ3) is 6.27. The lowest BCUT2D eigenvalue weighted by Crippen LogP contribution is -2.25. The summed E-state index contributed by atoms with van der Waals surface area (Å²) in [6.45, 7) is 4.56. The van der Waals surface area contributed by atoms with Crippen LogP contribution in [0.5, 0.6) is 0 Å². The van der Waals surface area contributed by atoms with Gasteiger partial charge in [0.05, 0.1) is 17.0 Å². The fourth-order valence-corrected chi connectivity index (χ4v) is 2.96. The van der Waals surface area contributed by atoms with E-state index in [-0.39, 0.29) is 11.8 Å². The second-order valence-electron chi connectivity index (χ2n) is 5.81. The van der Waals surface area contributed by atoms with Crippen LogP contribution in [0, 0.1) is 6.92 Å². The molecule has 0 aromatic heterocycles. The van der Waals surface area contributed by atoms with Crippen LogP contribution in [-0.2, 0) is 11.3 Å². The first-order chi connectivity index (χ1) is 12.1. The van der Waals surface area contributed by atoms with Crippen LogP contribution in [-0.4, -0.2) is 23.3 Å². The summed E-state index contributed by atoms with van der Waals surface area (Å²) in [6.07, 6.45) is 1.04. The second kappa shape index (κ2) is 9.89. The van der Waals surface area contributed by atoms with E-state index < -0.39 is 0 Å². The summed E-state index contributed by atoms with van der Waals surface area (Å²) in [5.74, 6) is 1.06. The Kier molecular flexibility index (Phi) is 7.54. The molecule has 0 aliphatic rings. The molecule has 4 nitrogen and oxygen atoms in total. The van der Waals surface area contributed by atoms with Crippen molar-refractivity contribution in [3.05, 3.63) is 65.2 Å². The van der Waals surface area contributed by atoms with Crippen molar-refractivity contribution in [2.45, 2.75) is 26.8 Å². The van der Waals surface area contributed by atoms with E-state index in [2.05, 4.69) is 17.6 Å².